The summed E-state index contributed by atoms with van der Waals surface area (Å²) in [6.45, 7) is 14.1. The summed E-state index contributed by atoms with van der Waals surface area (Å²) >= 11 is 6.44. The van der Waals surface area contributed by atoms with E-state index in [1.54, 1.807) is 19.2 Å². The molecule has 6 heteroatoms. The van der Waals surface area contributed by atoms with Gasteiger partial charge in [-0.15, -0.1) is 0 Å². The highest BCUT2D eigenvalue weighted by molar-refractivity contribution is 6.32. The number of benzene rings is 1. The van der Waals surface area contributed by atoms with Crippen LogP contribution in [0.15, 0.2) is 12.1 Å². The number of amides is 1. The van der Waals surface area contributed by atoms with Crippen molar-refractivity contribution in [3.63, 3.8) is 0 Å². The standard InChI is InChI=1S/C23H37ClN2O3/c1-8-10-11-26(17-14-22(3,4)25-23(5,6)15-17)21(27)16-12-18(24)20(29-9-2)19(13-16)28-7/h12-13,17,25H,8-11,14-15H2,1-7H3. The zero-order valence-corrected chi connectivity index (χ0v) is 19.8. The van der Waals surface area contributed by atoms with Crippen LogP contribution in [0.5, 0.6) is 11.5 Å². The molecule has 0 atom stereocenters. The van der Waals surface area contributed by atoms with Crippen LogP contribution in [0.25, 0.3) is 0 Å². The van der Waals surface area contributed by atoms with E-state index in [0.717, 1.165) is 32.2 Å². The highest BCUT2D eigenvalue weighted by Crippen LogP contribution is 2.38. The van der Waals surface area contributed by atoms with Crippen molar-refractivity contribution < 1.29 is 14.3 Å². The molecule has 0 saturated carbocycles. The zero-order valence-electron chi connectivity index (χ0n) is 19.0. The van der Waals surface area contributed by atoms with E-state index in [-0.39, 0.29) is 23.0 Å². The molecule has 0 aliphatic carbocycles. The number of halogens is 1. The van der Waals surface area contributed by atoms with Gasteiger partial charge in [-0.05, 0) is 66.0 Å². The number of piperidine rings is 1. The maximum atomic E-state index is 13.6. The molecule has 1 aromatic rings. The number of carbonyl (C=O) groups is 1. The Bertz CT molecular complexity index is 702. The smallest absolute Gasteiger partial charge is 0.254 e. The predicted octanol–water partition coefficient (Wildman–Crippen LogP) is 5.30. The Labute approximate surface area is 181 Å². The molecule has 1 amide bonds. The van der Waals surface area contributed by atoms with E-state index in [2.05, 4.69) is 39.9 Å². The summed E-state index contributed by atoms with van der Waals surface area (Å²) in [6.07, 6.45) is 3.83. The van der Waals surface area contributed by atoms with E-state index in [1.165, 1.54) is 0 Å². The lowest BCUT2D eigenvalue weighted by atomic mass is 9.78. The van der Waals surface area contributed by atoms with Gasteiger partial charge in [-0.3, -0.25) is 4.79 Å². The molecule has 29 heavy (non-hydrogen) atoms. The summed E-state index contributed by atoms with van der Waals surface area (Å²) < 4.78 is 11.1. The summed E-state index contributed by atoms with van der Waals surface area (Å²) in [5.41, 5.74) is 0.469. The molecule has 1 aromatic carbocycles. The van der Waals surface area contributed by atoms with Crippen LogP contribution in [0.2, 0.25) is 5.02 Å². The van der Waals surface area contributed by atoms with Crippen LogP contribution in [-0.2, 0) is 0 Å². The van der Waals surface area contributed by atoms with Crippen molar-refractivity contribution >= 4 is 17.5 Å². The molecule has 2 rings (SSSR count). The van der Waals surface area contributed by atoms with E-state index in [9.17, 15) is 4.79 Å². The minimum Gasteiger partial charge on any atom is -0.493 e. The lowest BCUT2D eigenvalue weighted by Gasteiger charge is -2.49. The third-order valence-corrected chi connectivity index (χ3v) is 5.67. The first-order valence-corrected chi connectivity index (χ1v) is 11.0. The number of methoxy groups -OCH3 is 1. The Morgan fingerprint density at radius 2 is 1.83 bits per heavy atom. The number of hydrogen-bond donors (Lipinski definition) is 1. The van der Waals surface area contributed by atoms with Crippen LogP contribution in [0, 0.1) is 0 Å². The normalized spacial score (nSPS) is 18.3. The van der Waals surface area contributed by atoms with Gasteiger partial charge in [0.25, 0.3) is 5.91 Å². The first-order valence-electron chi connectivity index (χ1n) is 10.6. The molecule has 1 saturated heterocycles. The largest absolute Gasteiger partial charge is 0.493 e. The van der Waals surface area contributed by atoms with Gasteiger partial charge in [0.15, 0.2) is 11.5 Å². The lowest BCUT2D eigenvalue weighted by molar-refractivity contribution is 0.0441. The van der Waals surface area contributed by atoms with Crippen molar-refractivity contribution in [1.82, 2.24) is 10.2 Å². The van der Waals surface area contributed by atoms with Gasteiger partial charge in [-0.25, -0.2) is 0 Å². The SMILES string of the molecule is CCCCN(C(=O)c1cc(Cl)c(OCC)c(OC)c1)C1CC(C)(C)NC(C)(C)C1. The highest BCUT2D eigenvalue weighted by atomic mass is 35.5. The average molecular weight is 425 g/mol. The summed E-state index contributed by atoms with van der Waals surface area (Å²) in [5, 5.41) is 4.10. The van der Waals surface area contributed by atoms with Crippen molar-refractivity contribution in [3.8, 4) is 11.5 Å². The Balaban J connectivity index is 2.40. The van der Waals surface area contributed by atoms with Gasteiger partial charge in [0, 0.05) is 29.2 Å². The number of carbonyl (C=O) groups excluding carboxylic acids is 1. The Kier molecular flexibility index (Phi) is 7.86. The maximum Gasteiger partial charge on any atom is 0.254 e. The number of ether oxygens (including phenoxy) is 2. The van der Waals surface area contributed by atoms with Gasteiger partial charge >= 0.3 is 0 Å². The van der Waals surface area contributed by atoms with Crippen molar-refractivity contribution in [2.75, 3.05) is 20.3 Å². The minimum atomic E-state index is -0.0364. The number of rotatable bonds is 8. The van der Waals surface area contributed by atoms with Crippen LogP contribution >= 0.6 is 11.6 Å². The molecule has 0 aromatic heterocycles. The number of nitrogens with zero attached hydrogens (tertiary/aromatic N) is 1. The van der Waals surface area contributed by atoms with Crippen LogP contribution in [-0.4, -0.2) is 48.2 Å². The second-order valence-corrected chi connectivity index (χ2v) is 9.64. The van der Waals surface area contributed by atoms with Gasteiger partial charge in [0.2, 0.25) is 0 Å². The molecule has 1 heterocycles. The average Bonchev–Trinajstić information content (AvgIpc) is 2.60. The van der Waals surface area contributed by atoms with Gasteiger partial charge in [0.05, 0.1) is 18.7 Å². The molecular weight excluding hydrogens is 388 g/mol. The minimum absolute atomic E-state index is 0.000184. The fourth-order valence-corrected chi connectivity index (χ4v) is 4.83. The van der Waals surface area contributed by atoms with Gasteiger partial charge < -0.3 is 19.7 Å². The number of nitrogens with one attached hydrogen (secondary N) is 1. The molecule has 0 unspecified atom stereocenters. The van der Waals surface area contributed by atoms with Crippen molar-refractivity contribution in [3.05, 3.63) is 22.7 Å². The fourth-order valence-electron chi connectivity index (χ4n) is 4.56. The van der Waals surface area contributed by atoms with Gasteiger partial charge in [-0.2, -0.15) is 0 Å². The monoisotopic (exact) mass is 424 g/mol. The zero-order chi connectivity index (χ0) is 21.8. The fraction of sp³-hybridized carbons (Fsp3) is 0.696. The van der Waals surface area contributed by atoms with Crippen LogP contribution in [0.1, 0.15) is 77.6 Å². The van der Waals surface area contributed by atoms with E-state index in [4.69, 9.17) is 21.1 Å². The lowest BCUT2D eigenvalue weighted by Crippen LogP contribution is -2.62. The molecule has 5 nitrogen and oxygen atoms in total. The third kappa shape index (κ3) is 6.02. The second-order valence-electron chi connectivity index (χ2n) is 9.23. The molecule has 1 aliphatic heterocycles. The van der Waals surface area contributed by atoms with E-state index in [1.807, 2.05) is 11.8 Å². The summed E-state index contributed by atoms with van der Waals surface area (Å²) in [5.74, 6) is 0.974. The summed E-state index contributed by atoms with van der Waals surface area (Å²) in [7, 11) is 1.56. The first-order chi connectivity index (χ1) is 13.5. The molecular formula is C23H37ClN2O3. The number of unbranched alkanes of at least 4 members (excludes halogenated alkanes) is 1. The van der Waals surface area contributed by atoms with Crippen LogP contribution < -0.4 is 14.8 Å². The molecule has 164 valence electrons. The summed E-state index contributed by atoms with van der Waals surface area (Å²) in [4.78, 5) is 15.7. The molecule has 1 aliphatic rings. The van der Waals surface area contributed by atoms with Gasteiger partial charge in [0.1, 0.15) is 0 Å². The van der Waals surface area contributed by atoms with E-state index >= 15 is 0 Å². The third-order valence-electron chi connectivity index (χ3n) is 5.39. The molecule has 1 N–H and O–H groups in total. The number of hydrogen-bond acceptors (Lipinski definition) is 4. The quantitative estimate of drug-likeness (QED) is 0.615. The van der Waals surface area contributed by atoms with Crippen LogP contribution in [0.3, 0.4) is 0 Å². The van der Waals surface area contributed by atoms with Gasteiger partial charge in [-0.1, -0.05) is 24.9 Å². The Hall–Kier alpha value is -1.46. The first kappa shape index (κ1) is 23.8. The Morgan fingerprint density at radius 3 is 2.34 bits per heavy atom. The molecule has 0 radical (unpaired) electrons. The van der Waals surface area contributed by atoms with E-state index in [0.29, 0.717) is 28.7 Å². The maximum absolute atomic E-state index is 13.6. The van der Waals surface area contributed by atoms with Crippen molar-refractivity contribution in [2.45, 2.75) is 84.3 Å². The molecule has 0 spiro atoms. The highest BCUT2D eigenvalue weighted by Gasteiger charge is 2.41. The topological polar surface area (TPSA) is 50.8 Å². The Morgan fingerprint density at radius 1 is 1.21 bits per heavy atom. The predicted molar refractivity (Wildman–Crippen MR) is 119 cm³/mol. The summed E-state index contributed by atoms with van der Waals surface area (Å²) in [6, 6.07) is 3.61. The molecule has 1 fully saturated rings. The van der Waals surface area contributed by atoms with Crippen LogP contribution in [0.4, 0.5) is 0 Å². The molecule has 0 bridgehead atoms. The van der Waals surface area contributed by atoms with Crippen molar-refractivity contribution in [1.29, 1.82) is 0 Å². The second kappa shape index (κ2) is 9.57. The van der Waals surface area contributed by atoms with Crippen molar-refractivity contribution in [2.24, 2.45) is 0 Å². The van der Waals surface area contributed by atoms with E-state index < -0.39 is 0 Å².